The van der Waals surface area contributed by atoms with E-state index in [1.807, 2.05) is 12.1 Å². The summed E-state index contributed by atoms with van der Waals surface area (Å²) in [4.78, 5) is 0. The molecule has 1 N–H and O–H groups in total. The third kappa shape index (κ3) is 3.52. The van der Waals surface area contributed by atoms with E-state index in [1.165, 1.54) is 37.7 Å². The average Bonchev–Trinajstić information content (AvgIpc) is 2.46. The summed E-state index contributed by atoms with van der Waals surface area (Å²) in [6.07, 6.45) is 6.77. The fraction of sp³-hybridized carbons (Fsp3) is 0.647. The van der Waals surface area contributed by atoms with E-state index in [2.05, 4.69) is 31.3 Å². The molecule has 1 fully saturated rings. The van der Waals surface area contributed by atoms with E-state index in [4.69, 9.17) is 11.6 Å². The van der Waals surface area contributed by atoms with Gasteiger partial charge in [0.15, 0.2) is 0 Å². The van der Waals surface area contributed by atoms with Gasteiger partial charge in [-0.25, -0.2) is 0 Å². The molecule has 1 saturated carbocycles. The van der Waals surface area contributed by atoms with Crippen LogP contribution in [-0.2, 0) is 0 Å². The monoisotopic (exact) mass is 279 g/mol. The third-order valence-corrected chi connectivity index (χ3v) is 4.93. The minimum absolute atomic E-state index is 0.420. The number of hydrogen-bond donors (Lipinski definition) is 1. The van der Waals surface area contributed by atoms with Crippen LogP contribution in [0, 0.1) is 11.8 Å². The number of halogens is 1. The smallest absolute Gasteiger partial charge is 0.0453 e. The van der Waals surface area contributed by atoms with Gasteiger partial charge in [0, 0.05) is 11.1 Å². The summed E-state index contributed by atoms with van der Waals surface area (Å²) in [5.41, 5.74) is 1.29. The number of nitrogens with one attached hydrogen (secondary N) is 1. The molecular weight excluding hydrogens is 254 g/mol. The molecule has 3 unspecified atom stereocenters. The molecular formula is C17H26ClN. The summed E-state index contributed by atoms with van der Waals surface area (Å²) in [6.45, 7) is 5.52. The maximum absolute atomic E-state index is 6.42. The van der Waals surface area contributed by atoms with Crippen molar-refractivity contribution in [3.63, 3.8) is 0 Å². The first-order chi connectivity index (χ1) is 9.27. The van der Waals surface area contributed by atoms with E-state index < -0.39 is 0 Å². The Bertz CT molecular complexity index is 391. The minimum Gasteiger partial charge on any atom is -0.310 e. The number of hydrogen-bond acceptors (Lipinski definition) is 1. The van der Waals surface area contributed by atoms with Crippen LogP contribution in [0.2, 0.25) is 5.02 Å². The van der Waals surface area contributed by atoms with Crippen molar-refractivity contribution in [3.8, 4) is 0 Å². The van der Waals surface area contributed by atoms with E-state index in [9.17, 15) is 0 Å². The maximum Gasteiger partial charge on any atom is 0.0453 e. The molecule has 1 aromatic carbocycles. The molecule has 0 bridgehead atoms. The van der Waals surface area contributed by atoms with Crippen molar-refractivity contribution in [2.24, 2.45) is 11.8 Å². The average molecular weight is 280 g/mol. The molecule has 0 saturated heterocycles. The van der Waals surface area contributed by atoms with Gasteiger partial charge in [0.1, 0.15) is 0 Å². The van der Waals surface area contributed by atoms with E-state index in [-0.39, 0.29) is 0 Å². The lowest BCUT2D eigenvalue weighted by atomic mass is 9.72. The zero-order valence-electron chi connectivity index (χ0n) is 12.2. The Balaban J connectivity index is 2.26. The molecule has 0 radical (unpaired) electrons. The second-order valence-corrected chi connectivity index (χ2v) is 6.08. The summed E-state index contributed by atoms with van der Waals surface area (Å²) in [6, 6.07) is 8.76. The van der Waals surface area contributed by atoms with Crippen molar-refractivity contribution >= 4 is 11.6 Å². The molecule has 106 valence electrons. The highest BCUT2D eigenvalue weighted by Crippen LogP contribution is 2.41. The standard InChI is InChI=1S/C17H26ClN/c1-3-13-9-5-6-10-14(13)17(19-4-2)15-11-7-8-12-16(15)18/h7-8,11-14,17,19H,3-6,9-10H2,1-2H3. The van der Waals surface area contributed by atoms with E-state index in [1.54, 1.807) is 0 Å². The highest BCUT2D eigenvalue weighted by atomic mass is 35.5. The van der Waals surface area contributed by atoms with Crippen molar-refractivity contribution < 1.29 is 0 Å². The molecule has 0 aromatic heterocycles. The van der Waals surface area contributed by atoms with Gasteiger partial charge in [0.2, 0.25) is 0 Å². The van der Waals surface area contributed by atoms with Crippen LogP contribution in [0.1, 0.15) is 57.6 Å². The molecule has 0 spiro atoms. The zero-order chi connectivity index (χ0) is 13.7. The maximum atomic E-state index is 6.42. The Morgan fingerprint density at radius 3 is 2.63 bits per heavy atom. The van der Waals surface area contributed by atoms with Gasteiger partial charge < -0.3 is 5.32 Å². The minimum atomic E-state index is 0.420. The molecule has 2 heteroatoms. The van der Waals surface area contributed by atoms with Gasteiger partial charge in [-0.2, -0.15) is 0 Å². The van der Waals surface area contributed by atoms with Crippen molar-refractivity contribution in [1.29, 1.82) is 0 Å². The first-order valence-electron chi connectivity index (χ1n) is 7.75. The molecule has 1 aliphatic carbocycles. The lowest BCUT2D eigenvalue weighted by molar-refractivity contribution is 0.177. The topological polar surface area (TPSA) is 12.0 Å². The van der Waals surface area contributed by atoms with Crippen molar-refractivity contribution in [3.05, 3.63) is 34.9 Å². The predicted octanol–water partition coefficient (Wildman–Crippen LogP) is 5.21. The van der Waals surface area contributed by atoms with Crippen LogP contribution >= 0.6 is 11.6 Å². The molecule has 3 atom stereocenters. The fourth-order valence-corrected chi connectivity index (χ4v) is 3.87. The summed E-state index contributed by atoms with van der Waals surface area (Å²) < 4.78 is 0. The van der Waals surface area contributed by atoms with Crippen LogP contribution in [0.4, 0.5) is 0 Å². The van der Waals surface area contributed by atoms with E-state index in [0.717, 1.165) is 23.4 Å². The summed E-state index contributed by atoms with van der Waals surface area (Å²) in [5.74, 6) is 1.58. The molecule has 1 aromatic rings. The van der Waals surface area contributed by atoms with Crippen LogP contribution in [-0.4, -0.2) is 6.54 Å². The Labute approximate surface area is 122 Å². The molecule has 0 amide bonds. The van der Waals surface area contributed by atoms with Crippen LogP contribution < -0.4 is 5.32 Å². The lowest BCUT2D eigenvalue weighted by Gasteiger charge is -2.38. The van der Waals surface area contributed by atoms with Crippen LogP contribution in [0.5, 0.6) is 0 Å². The van der Waals surface area contributed by atoms with E-state index in [0.29, 0.717) is 6.04 Å². The molecule has 0 heterocycles. The molecule has 19 heavy (non-hydrogen) atoms. The highest BCUT2D eigenvalue weighted by Gasteiger charge is 2.32. The summed E-state index contributed by atoms with van der Waals surface area (Å²) in [5, 5.41) is 4.60. The van der Waals surface area contributed by atoms with Gasteiger partial charge in [-0.15, -0.1) is 0 Å². The summed E-state index contributed by atoms with van der Waals surface area (Å²) >= 11 is 6.42. The Morgan fingerprint density at radius 2 is 1.95 bits per heavy atom. The van der Waals surface area contributed by atoms with Gasteiger partial charge in [-0.05, 0) is 36.4 Å². The quantitative estimate of drug-likeness (QED) is 0.780. The van der Waals surface area contributed by atoms with Crippen molar-refractivity contribution in [1.82, 2.24) is 5.32 Å². The first-order valence-corrected chi connectivity index (χ1v) is 8.13. The SMILES string of the molecule is CCNC(c1ccccc1Cl)C1CCCCC1CC. The summed E-state index contributed by atoms with van der Waals surface area (Å²) in [7, 11) is 0. The number of benzene rings is 1. The van der Waals surface area contributed by atoms with Gasteiger partial charge in [0.05, 0.1) is 0 Å². The van der Waals surface area contributed by atoms with Crippen molar-refractivity contribution in [2.75, 3.05) is 6.54 Å². The molecule has 1 nitrogen and oxygen atoms in total. The third-order valence-electron chi connectivity index (χ3n) is 4.58. The molecule has 1 aliphatic rings. The van der Waals surface area contributed by atoms with Gasteiger partial charge >= 0.3 is 0 Å². The Kier molecular flexibility index (Phi) is 5.72. The first kappa shape index (κ1) is 14.9. The lowest BCUT2D eigenvalue weighted by Crippen LogP contribution is -2.34. The van der Waals surface area contributed by atoms with Gasteiger partial charge in [-0.1, -0.05) is 69.3 Å². The van der Waals surface area contributed by atoms with Crippen LogP contribution in [0.25, 0.3) is 0 Å². The Morgan fingerprint density at radius 1 is 1.21 bits per heavy atom. The van der Waals surface area contributed by atoms with E-state index >= 15 is 0 Å². The highest BCUT2D eigenvalue weighted by molar-refractivity contribution is 6.31. The number of rotatable bonds is 5. The zero-order valence-corrected chi connectivity index (χ0v) is 12.9. The van der Waals surface area contributed by atoms with Gasteiger partial charge in [-0.3, -0.25) is 0 Å². The normalized spacial score (nSPS) is 25.2. The van der Waals surface area contributed by atoms with Crippen LogP contribution in [0.3, 0.4) is 0 Å². The largest absolute Gasteiger partial charge is 0.310 e. The van der Waals surface area contributed by atoms with Crippen LogP contribution in [0.15, 0.2) is 24.3 Å². The second-order valence-electron chi connectivity index (χ2n) is 5.67. The predicted molar refractivity (Wildman–Crippen MR) is 83.6 cm³/mol. The van der Waals surface area contributed by atoms with Gasteiger partial charge in [0.25, 0.3) is 0 Å². The van der Waals surface area contributed by atoms with Crippen molar-refractivity contribution in [2.45, 2.75) is 52.0 Å². The molecule has 0 aliphatic heterocycles. The second kappa shape index (κ2) is 7.31. The fourth-order valence-electron chi connectivity index (χ4n) is 3.62. The molecule has 2 rings (SSSR count). The Hall–Kier alpha value is -0.530.